The molecule has 0 N–H and O–H groups in total. The monoisotopic (exact) mass is 333 g/mol. The lowest BCUT2D eigenvalue weighted by Crippen LogP contribution is -1.86. The number of fused-ring (bicyclic) bond motifs is 1. The molecule has 2 rings (SSSR count). The van der Waals surface area contributed by atoms with Crippen LogP contribution in [-0.4, -0.2) is 4.98 Å². The van der Waals surface area contributed by atoms with E-state index in [1.54, 1.807) is 6.20 Å². The zero-order valence-electron chi connectivity index (χ0n) is 7.31. The van der Waals surface area contributed by atoms with Crippen molar-refractivity contribution in [2.24, 2.45) is 0 Å². The zero-order chi connectivity index (χ0) is 10.3. The summed E-state index contributed by atoms with van der Waals surface area (Å²) in [6.07, 6.45) is 1.77. The number of benzene rings is 1. The predicted molar refractivity (Wildman–Crippen MR) is 66.9 cm³/mol. The SMILES string of the molecule is Cc1cc(Br)c(Cl)c2c(Br)ccnc12. The number of rotatable bonds is 0. The van der Waals surface area contributed by atoms with Crippen LogP contribution in [0.5, 0.6) is 0 Å². The highest BCUT2D eigenvalue weighted by Gasteiger charge is 2.10. The number of aromatic nitrogens is 1. The zero-order valence-corrected chi connectivity index (χ0v) is 11.2. The van der Waals surface area contributed by atoms with E-state index < -0.39 is 0 Å². The van der Waals surface area contributed by atoms with Crippen LogP contribution in [0.3, 0.4) is 0 Å². The van der Waals surface area contributed by atoms with Gasteiger partial charge in [-0.2, -0.15) is 0 Å². The summed E-state index contributed by atoms with van der Waals surface area (Å²) in [6, 6.07) is 3.87. The lowest BCUT2D eigenvalue weighted by Gasteiger charge is -2.07. The van der Waals surface area contributed by atoms with Gasteiger partial charge >= 0.3 is 0 Å². The molecular weight excluding hydrogens is 329 g/mol. The molecule has 4 heteroatoms. The van der Waals surface area contributed by atoms with Crippen LogP contribution in [0.15, 0.2) is 27.3 Å². The Balaban J connectivity index is 3.03. The van der Waals surface area contributed by atoms with Gasteiger partial charge in [-0.25, -0.2) is 0 Å². The second kappa shape index (κ2) is 3.80. The van der Waals surface area contributed by atoms with Gasteiger partial charge in [-0.05, 0) is 56.5 Å². The van der Waals surface area contributed by atoms with Gasteiger partial charge in [0.1, 0.15) is 0 Å². The van der Waals surface area contributed by atoms with E-state index >= 15 is 0 Å². The number of hydrogen-bond acceptors (Lipinski definition) is 1. The molecule has 0 aliphatic carbocycles. The second-order valence-corrected chi connectivity index (χ2v) is 5.09. The van der Waals surface area contributed by atoms with Crippen LogP contribution < -0.4 is 0 Å². The summed E-state index contributed by atoms with van der Waals surface area (Å²) in [6.45, 7) is 2.02. The average molecular weight is 335 g/mol. The first kappa shape index (κ1) is 10.4. The van der Waals surface area contributed by atoms with Crippen LogP contribution in [0.2, 0.25) is 5.02 Å². The van der Waals surface area contributed by atoms with Crippen molar-refractivity contribution >= 4 is 54.4 Å². The number of aryl methyl sites for hydroxylation is 1. The first-order chi connectivity index (χ1) is 6.61. The highest BCUT2D eigenvalue weighted by atomic mass is 79.9. The van der Waals surface area contributed by atoms with Gasteiger partial charge in [0.2, 0.25) is 0 Å². The molecule has 1 heterocycles. The maximum absolute atomic E-state index is 6.19. The number of pyridine rings is 1. The molecule has 0 unspecified atom stereocenters. The minimum absolute atomic E-state index is 0.700. The molecule has 0 saturated heterocycles. The van der Waals surface area contributed by atoms with Crippen molar-refractivity contribution in [3.8, 4) is 0 Å². The van der Waals surface area contributed by atoms with Crippen LogP contribution in [-0.2, 0) is 0 Å². The predicted octanol–water partition coefficient (Wildman–Crippen LogP) is 4.72. The summed E-state index contributed by atoms with van der Waals surface area (Å²) in [5.74, 6) is 0. The van der Waals surface area contributed by atoms with E-state index in [1.165, 1.54) is 0 Å². The largest absolute Gasteiger partial charge is 0.256 e. The highest BCUT2D eigenvalue weighted by molar-refractivity contribution is 9.11. The number of hydrogen-bond donors (Lipinski definition) is 0. The Bertz CT molecular complexity index is 511. The summed E-state index contributed by atoms with van der Waals surface area (Å²) in [5, 5.41) is 1.66. The van der Waals surface area contributed by atoms with Gasteiger partial charge in [-0.1, -0.05) is 11.6 Å². The molecule has 1 nitrogen and oxygen atoms in total. The van der Waals surface area contributed by atoms with Crippen molar-refractivity contribution in [3.05, 3.63) is 37.9 Å². The van der Waals surface area contributed by atoms with Crippen LogP contribution in [0.4, 0.5) is 0 Å². The van der Waals surface area contributed by atoms with E-state index in [0.717, 1.165) is 25.4 Å². The maximum atomic E-state index is 6.19. The van der Waals surface area contributed by atoms with Gasteiger partial charge in [-0.15, -0.1) is 0 Å². The first-order valence-electron chi connectivity index (χ1n) is 4.00. The van der Waals surface area contributed by atoms with Crippen LogP contribution in [0.25, 0.3) is 10.9 Å². The molecule has 0 aliphatic heterocycles. The molecule has 0 saturated carbocycles. The summed E-state index contributed by atoms with van der Waals surface area (Å²) in [4.78, 5) is 4.31. The molecular formula is C10H6Br2ClN. The van der Waals surface area contributed by atoms with Crippen molar-refractivity contribution in [3.63, 3.8) is 0 Å². The first-order valence-corrected chi connectivity index (χ1v) is 5.96. The lowest BCUT2D eigenvalue weighted by atomic mass is 10.1. The van der Waals surface area contributed by atoms with Gasteiger partial charge < -0.3 is 0 Å². The topological polar surface area (TPSA) is 12.9 Å². The van der Waals surface area contributed by atoms with Crippen LogP contribution >= 0.6 is 43.5 Å². The minimum atomic E-state index is 0.700. The third kappa shape index (κ3) is 1.58. The number of nitrogens with zero attached hydrogens (tertiary/aromatic N) is 1. The fraction of sp³-hybridized carbons (Fsp3) is 0.100. The summed E-state index contributed by atoms with van der Waals surface area (Å²) >= 11 is 13.1. The molecule has 0 spiro atoms. The summed E-state index contributed by atoms with van der Waals surface area (Å²) < 4.78 is 1.87. The van der Waals surface area contributed by atoms with E-state index in [1.807, 2.05) is 19.1 Å². The number of halogens is 3. The Labute approximate surface area is 104 Å². The third-order valence-electron chi connectivity index (χ3n) is 2.05. The van der Waals surface area contributed by atoms with Crippen molar-refractivity contribution in [1.29, 1.82) is 0 Å². The standard InChI is InChI=1S/C10H6Br2ClN/c1-5-4-7(12)9(13)8-6(11)2-3-14-10(5)8/h2-4H,1H3. The molecule has 0 atom stereocenters. The molecule has 1 aromatic heterocycles. The summed E-state index contributed by atoms with van der Waals surface area (Å²) in [5.41, 5.74) is 2.05. The van der Waals surface area contributed by atoms with Gasteiger partial charge in [0.15, 0.2) is 0 Å². The van der Waals surface area contributed by atoms with Crippen LogP contribution in [0.1, 0.15) is 5.56 Å². The van der Waals surface area contributed by atoms with E-state index in [4.69, 9.17) is 11.6 Å². The quantitative estimate of drug-likeness (QED) is 0.679. The summed E-state index contributed by atoms with van der Waals surface area (Å²) in [7, 11) is 0. The minimum Gasteiger partial charge on any atom is -0.256 e. The Kier molecular flexibility index (Phi) is 2.82. The molecule has 0 bridgehead atoms. The third-order valence-corrected chi connectivity index (χ3v) is 3.95. The Morgan fingerprint density at radius 3 is 2.71 bits per heavy atom. The molecule has 2 aromatic rings. The van der Waals surface area contributed by atoms with Crippen LogP contribution in [0, 0.1) is 6.92 Å². The lowest BCUT2D eigenvalue weighted by molar-refractivity contribution is 1.35. The Morgan fingerprint density at radius 1 is 1.29 bits per heavy atom. The van der Waals surface area contributed by atoms with Crippen molar-refractivity contribution in [1.82, 2.24) is 4.98 Å². The smallest absolute Gasteiger partial charge is 0.0758 e. The fourth-order valence-electron chi connectivity index (χ4n) is 1.39. The van der Waals surface area contributed by atoms with Crippen molar-refractivity contribution in [2.45, 2.75) is 6.92 Å². The van der Waals surface area contributed by atoms with Gasteiger partial charge in [0.05, 0.1) is 10.5 Å². The molecule has 0 radical (unpaired) electrons. The molecule has 0 amide bonds. The normalized spacial score (nSPS) is 10.9. The van der Waals surface area contributed by atoms with E-state index in [-0.39, 0.29) is 0 Å². The van der Waals surface area contributed by atoms with E-state index in [2.05, 4.69) is 36.8 Å². The highest BCUT2D eigenvalue weighted by Crippen LogP contribution is 2.36. The Hall–Kier alpha value is -0.120. The maximum Gasteiger partial charge on any atom is 0.0758 e. The molecule has 1 aromatic carbocycles. The molecule has 72 valence electrons. The Morgan fingerprint density at radius 2 is 2.00 bits per heavy atom. The second-order valence-electron chi connectivity index (χ2n) is 3.01. The van der Waals surface area contributed by atoms with Gasteiger partial charge in [-0.3, -0.25) is 4.98 Å². The van der Waals surface area contributed by atoms with E-state index in [0.29, 0.717) is 5.02 Å². The molecule has 0 fully saturated rings. The van der Waals surface area contributed by atoms with Crippen molar-refractivity contribution < 1.29 is 0 Å². The molecule has 14 heavy (non-hydrogen) atoms. The average Bonchev–Trinajstić information content (AvgIpc) is 2.14. The van der Waals surface area contributed by atoms with Gasteiger partial charge in [0.25, 0.3) is 0 Å². The van der Waals surface area contributed by atoms with Gasteiger partial charge in [0, 0.05) is 20.5 Å². The molecule has 0 aliphatic rings. The fourth-order valence-corrected chi connectivity index (χ4v) is 2.79. The van der Waals surface area contributed by atoms with Crippen molar-refractivity contribution in [2.75, 3.05) is 0 Å². The van der Waals surface area contributed by atoms with E-state index in [9.17, 15) is 0 Å².